The van der Waals surface area contributed by atoms with Gasteiger partial charge in [0.25, 0.3) is 0 Å². The average molecular weight is 215 g/mol. The van der Waals surface area contributed by atoms with Gasteiger partial charge in [0.2, 0.25) is 0 Å². The molecule has 0 saturated carbocycles. The van der Waals surface area contributed by atoms with Crippen molar-refractivity contribution in [2.24, 2.45) is 11.1 Å². The molecule has 0 bridgehead atoms. The molecule has 1 nitrogen and oxygen atoms in total. The second-order valence-electron chi connectivity index (χ2n) is 4.73. The second kappa shape index (κ2) is 3.99. The zero-order chi connectivity index (χ0) is 10.8. The van der Waals surface area contributed by atoms with Gasteiger partial charge in [0.1, 0.15) is 5.67 Å². The third-order valence-corrected chi connectivity index (χ3v) is 3.46. The van der Waals surface area contributed by atoms with Gasteiger partial charge >= 0.3 is 0 Å². The van der Waals surface area contributed by atoms with E-state index in [0.29, 0.717) is 6.42 Å². The van der Waals surface area contributed by atoms with Gasteiger partial charge in [-0.05, 0) is 27.8 Å². The summed E-state index contributed by atoms with van der Waals surface area (Å²) in [5, 5.41) is 3.95. The van der Waals surface area contributed by atoms with Gasteiger partial charge in [0.05, 0.1) is 0 Å². The minimum absolute atomic E-state index is 0.0757. The van der Waals surface area contributed by atoms with E-state index in [0.717, 1.165) is 5.56 Å². The first-order valence-corrected chi connectivity index (χ1v) is 5.73. The highest BCUT2D eigenvalue weighted by atomic mass is 32.1. The minimum atomic E-state index is -1.31. The van der Waals surface area contributed by atoms with E-state index in [-0.39, 0.29) is 6.54 Å². The average Bonchev–Trinajstić information content (AvgIpc) is 2.54. The van der Waals surface area contributed by atoms with Gasteiger partial charge < -0.3 is 5.73 Å². The summed E-state index contributed by atoms with van der Waals surface area (Å²) < 4.78 is 14.5. The molecule has 80 valence electrons. The fourth-order valence-corrected chi connectivity index (χ4v) is 2.03. The molecule has 0 fully saturated rings. The number of alkyl halides is 1. The molecule has 0 amide bonds. The summed E-state index contributed by atoms with van der Waals surface area (Å²) >= 11 is 1.59. The predicted molar refractivity (Wildman–Crippen MR) is 60.4 cm³/mol. The van der Waals surface area contributed by atoms with E-state index in [1.165, 1.54) is 0 Å². The van der Waals surface area contributed by atoms with Gasteiger partial charge in [0.15, 0.2) is 0 Å². The van der Waals surface area contributed by atoms with Crippen molar-refractivity contribution < 1.29 is 4.39 Å². The van der Waals surface area contributed by atoms with Gasteiger partial charge in [0, 0.05) is 13.0 Å². The second-order valence-corrected chi connectivity index (χ2v) is 5.51. The van der Waals surface area contributed by atoms with Crippen molar-refractivity contribution in [2.45, 2.75) is 32.9 Å². The fraction of sp³-hybridized carbons (Fsp3) is 0.636. The summed E-state index contributed by atoms with van der Waals surface area (Å²) in [4.78, 5) is 0. The molecule has 0 aliphatic carbocycles. The Bertz CT molecular complexity index is 276. The third-order valence-electron chi connectivity index (χ3n) is 2.73. The topological polar surface area (TPSA) is 26.0 Å². The van der Waals surface area contributed by atoms with Gasteiger partial charge in [-0.1, -0.05) is 20.8 Å². The maximum absolute atomic E-state index is 14.5. The van der Waals surface area contributed by atoms with E-state index in [1.807, 2.05) is 37.6 Å². The monoisotopic (exact) mass is 215 g/mol. The highest BCUT2D eigenvalue weighted by molar-refractivity contribution is 7.07. The van der Waals surface area contributed by atoms with Crippen molar-refractivity contribution in [3.8, 4) is 0 Å². The minimum Gasteiger partial charge on any atom is -0.327 e. The zero-order valence-electron chi connectivity index (χ0n) is 9.01. The first kappa shape index (κ1) is 11.7. The Balaban J connectivity index is 2.82. The highest BCUT2D eigenvalue weighted by Crippen LogP contribution is 2.36. The third kappa shape index (κ3) is 2.34. The van der Waals surface area contributed by atoms with Gasteiger partial charge in [-0.2, -0.15) is 11.3 Å². The van der Waals surface area contributed by atoms with Gasteiger partial charge in [-0.25, -0.2) is 4.39 Å². The van der Waals surface area contributed by atoms with Crippen molar-refractivity contribution in [3.05, 3.63) is 22.4 Å². The first-order valence-electron chi connectivity index (χ1n) is 4.79. The maximum atomic E-state index is 14.5. The number of thiophene rings is 1. The predicted octanol–water partition coefficient (Wildman–Crippen LogP) is 3.00. The van der Waals surface area contributed by atoms with Crippen LogP contribution in [0.15, 0.2) is 16.8 Å². The van der Waals surface area contributed by atoms with Crippen LogP contribution in [-0.2, 0) is 6.42 Å². The van der Waals surface area contributed by atoms with Crippen LogP contribution < -0.4 is 5.73 Å². The molecule has 14 heavy (non-hydrogen) atoms. The van der Waals surface area contributed by atoms with Crippen molar-refractivity contribution in [2.75, 3.05) is 6.54 Å². The van der Waals surface area contributed by atoms with Crippen molar-refractivity contribution in [3.63, 3.8) is 0 Å². The summed E-state index contributed by atoms with van der Waals surface area (Å²) in [7, 11) is 0. The SMILES string of the molecule is CC(C)(C)C(F)(CN)Cc1ccsc1. The molecule has 2 N–H and O–H groups in total. The van der Waals surface area contributed by atoms with E-state index in [2.05, 4.69) is 0 Å². The first-order chi connectivity index (χ1) is 6.39. The van der Waals surface area contributed by atoms with Crippen LogP contribution in [0, 0.1) is 5.41 Å². The largest absolute Gasteiger partial charge is 0.327 e. The van der Waals surface area contributed by atoms with E-state index in [4.69, 9.17) is 5.73 Å². The molecule has 0 radical (unpaired) electrons. The summed E-state index contributed by atoms with van der Waals surface area (Å²) in [6, 6.07) is 1.96. The molecule has 0 saturated heterocycles. The zero-order valence-corrected chi connectivity index (χ0v) is 9.83. The lowest BCUT2D eigenvalue weighted by molar-refractivity contribution is 0.0383. The Morgan fingerprint density at radius 2 is 2.07 bits per heavy atom. The number of hydrogen-bond donors (Lipinski definition) is 1. The smallest absolute Gasteiger partial charge is 0.132 e. The lowest BCUT2D eigenvalue weighted by Gasteiger charge is -2.36. The van der Waals surface area contributed by atoms with E-state index in [1.54, 1.807) is 11.3 Å². The van der Waals surface area contributed by atoms with Crippen LogP contribution in [0.3, 0.4) is 0 Å². The molecule has 0 spiro atoms. The Morgan fingerprint density at radius 1 is 1.43 bits per heavy atom. The molecule has 3 heteroatoms. The Morgan fingerprint density at radius 3 is 2.43 bits per heavy atom. The van der Waals surface area contributed by atoms with Crippen LogP contribution >= 0.6 is 11.3 Å². The number of nitrogens with two attached hydrogens (primary N) is 1. The summed E-state index contributed by atoms with van der Waals surface area (Å²) in [5.41, 5.74) is 4.85. The van der Waals surface area contributed by atoms with Gasteiger partial charge in [-0.15, -0.1) is 0 Å². The molecule has 0 aliphatic heterocycles. The molecule has 0 aliphatic rings. The van der Waals surface area contributed by atoms with Crippen LogP contribution in [0.4, 0.5) is 4.39 Å². The van der Waals surface area contributed by atoms with Crippen molar-refractivity contribution in [1.29, 1.82) is 0 Å². The maximum Gasteiger partial charge on any atom is 0.132 e. The lowest BCUT2D eigenvalue weighted by atomic mass is 9.75. The van der Waals surface area contributed by atoms with Crippen molar-refractivity contribution in [1.82, 2.24) is 0 Å². The Kier molecular flexibility index (Phi) is 3.32. The molecular weight excluding hydrogens is 197 g/mol. The van der Waals surface area contributed by atoms with Crippen LogP contribution in [0.5, 0.6) is 0 Å². The summed E-state index contributed by atoms with van der Waals surface area (Å²) in [5.74, 6) is 0. The lowest BCUT2D eigenvalue weighted by Crippen LogP contribution is -2.46. The van der Waals surface area contributed by atoms with Gasteiger partial charge in [-0.3, -0.25) is 0 Å². The molecule has 1 unspecified atom stereocenters. The van der Waals surface area contributed by atoms with Crippen LogP contribution in [0.1, 0.15) is 26.3 Å². The van der Waals surface area contributed by atoms with Crippen LogP contribution in [0.25, 0.3) is 0 Å². The molecule has 1 aromatic heterocycles. The van der Waals surface area contributed by atoms with E-state index < -0.39 is 11.1 Å². The molecule has 1 atom stereocenters. The number of halogens is 1. The fourth-order valence-electron chi connectivity index (χ4n) is 1.36. The molecule has 1 aromatic rings. The van der Waals surface area contributed by atoms with Crippen LogP contribution in [0.2, 0.25) is 0 Å². The molecular formula is C11H18FNS. The summed E-state index contributed by atoms with van der Waals surface area (Å²) in [6.07, 6.45) is 0.413. The Labute approximate surface area is 89.1 Å². The van der Waals surface area contributed by atoms with E-state index >= 15 is 0 Å². The van der Waals surface area contributed by atoms with Crippen molar-refractivity contribution >= 4 is 11.3 Å². The summed E-state index contributed by atoms with van der Waals surface area (Å²) in [6.45, 7) is 5.76. The molecule has 1 heterocycles. The normalized spacial score (nSPS) is 16.6. The number of rotatable bonds is 3. The number of hydrogen-bond acceptors (Lipinski definition) is 2. The molecule has 1 rings (SSSR count). The Hall–Kier alpha value is -0.410. The highest BCUT2D eigenvalue weighted by Gasteiger charge is 2.41. The standard InChI is InChI=1S/C11H18FNS/c1-10(2,3)11(12,8-13)6-9-4-5-14-7-9/h4-5,7H,6,8,13H2,1-3H3. The molecule has 0 aromatic carbocycles. The quantitative estimate of drug-likeness (QED) is 0.824. The van der Waals surface area contributed by atoms with Crippen LogP contribution in [-0.4, -0.2) is 12.2 Å². The van der Waals surface area contributed by atoms with E-state index in [9.17, 15) is 4.39 Å².